The summed E-state index contributed by atoms with van der Waals surface area (Å²) in [7, 11) is -7.55. The van der Waals surface area contributed by atoms with Crippen molar-refractivity contribution in [2.24, 2.45) is 0 Å². The van der Waals surface area contributed by atoms with Gasteiger partial charge in [-0.25, -0.2) is 16.8 Å². The van der Waals surface area contributed by atoms with Crippen LogP contribution in [0.1, 0.15) is 122 Å². The van der Waals surface area contributed by atoms with Gasteiger partial charge in [-0.2, -0.15) is 0 Å². The van der Waals surface area contributed by atoms with Crippen molar-refractivity contribution in [3.8, 4) is 0 Å². The molecule has 0 amide bonds. The molecule has 2 heterocycles. The van der Waals surface area contributed by atoms with Crippen molar-refractivity contribution >= 4 is 19.7 Å². The Kier molecular flexibility index (Phi) is 8.66. The number of unbranched alkanes of at least 4 members (excludes halogenated alkanes) is 6. The highest BCUT2D eigenvalue weighted by Crippen LogP contribution is 2.58. The van der Waals surface area contributed by atoms with Gasteiger partial charge in [-0.3, -0.25) is 0 Å². The third-order valence-electron chi connectivity index (χ3n) is 13.0. The van der Waals surface area contributed by atoms with E-state index in [1.54, 1.807) is 0 Å². The summed E-state index contributed by atoms with van der Waals surface area (Å²) in [6, 6.07) is 17.0. The van der Waals surface area contributed by atoms with Gasteiger partial charge >= 0.3 is 0 Å². The molecule has 0 aromatic heterocycles. The molecule has 9 rings (SSSR count). The number of hydrogen-bond donors (Lipinski definition) is 0. The molecule has 2 aliphatic heterocycles. The fourth-order valence-corrected chi connectivity index (χ4v) is 15.1. The van der Waals surface area contributed by atoms with Gasteiger partial charge in [0.1, 0.15) is 0 Å². The summed E-state index contributed by atoms with van der Waals surface area (Å²) in [5, 5.41) is -1.38. The fraction of sp³-hybridized carbons (Fsp3) is 0.435. The fourth-order valence-electron chi connectivity index (χ4n) is 10.5. The smallest absolute Gasteiger partial charge is 0.186 e. The van der Waals surface area contributed by atoms with E-state index in [9.17, 15) is 0 Å². The lowest BCUT2D eigenvalue weighted by Crippen LogP contribution is -2.26. The van der Waals surface area contributed by atoms with Gasteiger partial charge in [0, 0.05) is 11.8 Å². The molecule has 0 spiro atoms. The average molecular weight is 731 g/mol. The second-order valence-electron chi connectivity index (χ2n) is 16.1. The summed E-state index contributed by atoms with van der Waals surface area (Å²) < 4.78 is 60.9. The zero-order valence-corrected chi connectivity index (χ0v) is 32.2. The topological polar surface area (TPSA) is 68.3 Å². The van der Waals surface area contributed by atoms with Gasteiger partial charge in [-0.1, -0.05) is 125 Å². The van der Waals surface area contributed by atoms with Gasteiger partial charge in [-0.05, 0) is 118 Å². The molecule has 4 nitrogen and oxygen atoms in total. The van der Waals surface area contributed by atoms with Crippen molar-refractivity contribution in [1.82, 2.24) is 0 Å². The Morgan fingerprint density at radius 1 is 0.481 bits per heavy atom. The quantitative estimate of drug-likeness (QED) is 0.195. The minimum absolute atomic E-state index is 0.364. The van der Waals surface area contributed by atoms with E-state index in [4.69, 9.17) is 0 Å². The first-order valence-corrected chi connectivity index (χ1v) is 23.0. The highest BCUT2D eigenvalue weighted by atomic mass is 32.2. The monoisotopic (exact) mass is 730 g/mol. The third kappa shape index (κ3) is 5.33. The lowest BCUT2D eigenvalue weighted by Gasteiger charge is -2.29. The molecule has 3 aromatic carbocycles. The maximum Gasteiger partial charge on any atom is 0.186 e. The van der Waals surface area contributed by atoms with E-state index in [1.165, 1.54) is 33.4 Å². The Morgan fingerprint density at radius 3 is 1.17 bits per heavy atom. The lowest BCUT2D eigenvalue weighted by molar-refractivity contribution is 0.588. The average Bonchev–Trinajstić information content (AvgIpc) is 3.51. The van der Waals surface area contributed by atoms with Crippen LogP contribution in [0.5, 0.6) is 0 Å². The van der Waals surface area contributed by atoms with Crippen molar-refractivity contribution in [1.29, 1.82) is 0 Å². The first-order valence-electron chi connectivity index (χ1n) is 19.9. The van der Waals surface area contributed by atoms with Crippen LogP contribution in [0.2, 0.25) is 0 Å². The standard InChI is InChI=1S/C46H50O4S2/c1-3-5-7-9-19-37-43-39-25-33-21-29-15-11-13-17-31(29)23-35(33)27-41(39)52(49,50)46(43)38(20-10-8-6-4-2)44-40-26-34-22-30-16-12-14-18-32(30)24-36(34)28-42(40)51(47,48)45(37)44/h11-18,25-28,39-42H,3-10,19-24H2,1-2H3. The van der Waals surface area contributed by atoms with Crippen molar-refractivity contribution in [2.75, 3.05) is 0 Å². The Morgan fingerprint density at radius 2 is 0.827 bits per heavy atom. The Balaban J connectivity index is 1.27. The van der Waals surface area contributed by atoms with Crippen LogP contribution in [0.15, 0.2) is 105 Å². The van der Waals surface area contributed by atoms with Crippen LogP contribution in [0.4, 0.5) is 0 Å². The largest absolute Gasteiger partial charge is 0.223 e. The van der Waals surface area contributed by atoms with Crippen molar-refractivity contribution in [3.63, 3.8) is 0 Å². The summed E-state index contributed by atoms with van der Waals surface area (Å²) in [4.78, 5) is 0.984. The molecule has 4 atom stereocenters. The van der Waals surface area contributed by atoms with Crippen molar-refractivity contribution < 1.29 is 16.8 Å². The Hall–Kier alpha value is -3.48. The molecule has 3 aromatic rings. The molecule has 0 saturated heterocycles. The molecular weight excluding hydrogens is 681 g/mol. The van der Waals surface area contributed by atoms with Gasteiger partial charge in [-0.15, -0.1) is 0 Å². The highest BCUT2D eigenvalue weighted by molar-refractivity contribution is 7.93. The minimum Gasteiger partial charge on any atom is -0.223 e. The van der Waals surface area contributed by atoms with Crippen LogP contribution in [0, 0.1) is 0 Å². The van der Waals surface area contributed by atoms with E-state index >= 15 is 16.8 Å². The molecule has 0 saturated carbocycles. The van der Waals surface area contributed by atoms with E-state index in [0.29, 0.717) is 22.6 Å². The van der Waals surface area contributed by atoms with Crippen LogP contribution < -0.4 is 0 Å². The summed E-state index contributed by atoms with van der Waals surface area (Å²) in [6.45, 7) is 4.38. The Bertz CT molecular complexity index is 2170. The molecule has 0 bridgehead atoms. The number of hydrogen-bond acceptors (Lipinski definition) is 4. The van der Waals surface area contributed by atoms with E-state index in [1.807, 2.05) is 0 Å². The molecule has 6 aliphatic rings. The normalized spacial score (nSPS) is 25.1. The first kappa shape index (κ1) is 34.3. The molecule has 0 fully saturated rings. The predicted molar refractivity (Wildman–Crippen MR) is 210 cm³/mol. The number of fused-ring (bicyclic) bond motifs is 10. The van der Waals surface area contributed by atoms with Crippen LogP contribution in [0.25, 0.3) is 0 Å². The van der Waals surface area contributed by atoms with E-state index in [-0.39, 0.29) is 11.8 Å². The maximum absolute atomic E-state index is 15.2. The molecule has 0 N–H and O–H groups in total. The first-order chi connectivity index (χ1) is 25.2. The number of allylic oxidation sites excluding steroid dienone is 6. The zero-order valence-electron chi connectivity index (χ0n) is 30.6. The minimum atomic E-state index is -3.78. The molecule has 4 unspecified atom stereocenters. The molecule has 0 radical (unpaired) electrons. The number of sulfone groups is 2. The summed E-state index contributed by atoms with van der Waals surface area (Å²) in [5.41, 5.74) is 13.1. The SMILES string of the molecule is CCCCCCc1c2c(c(CCCCCC)c3c1S(=O)(=O)C1C=C4Cc5ccccc5CC4=CC31)S(=O)(=O)C1C=C3Cc4ccccc4CC3=CC21. The van der Waals surface area contributed by atoms with Crippen molar-refractivity contribution in [2.45, 2.75) is 136 Å². The third-order valence-corrected chi connectivity index (χ3v) is 17.3. The van der Waals surface area contributed by atoms with Crippen LogP contribution in [-0.4, -0.2) is 27.3 Å². The van der Waals surface area contributed by atoms with Gasteiger partial charge in [0.2, 0.25) is 0 Å². The van der Waals surface area contributed by atoms with Gasteiger partial charge in [0.05, 0.1) is 20.3 Å². The summed E-state index contributed by atoms with van der Waals surface area (Å²) >= 11 is 0. The highest BCUT2D eigenvalue weighted by Gasteiger charge is 2.55. The number of rotatable bonds is 10. The molecule has 6 heteroatoms. The second-order valence-corrected chi connectivity index (χ2v) is 20.2. The maximum atomic E-state index is 15.2. The predicted octanol–water partition coefficient (Wildman–Crippen LogP) is 9.74. The lowest BCUT2D eigenvalue weighted by atomic mass is 9.73. The van der Waals surface area contributed by atoms with Gasteiger partial charge < -0.3 is 0 Å². The molecule has 270 valence electrons. The second kappa shape index (κ2) is 13.1. The van der Waals surface area contributed by atoms with Crippen LogP contribution in [-0.2, 0) is 58.2 Å². The van der Waals surface area contributed by atoms with E-state index in [2.05, 4.69) is 86.7 Å². The van der Waals surface area contributed by atoms with Gasteiger partial charge in [0.15, 0.2) is 19.7 Å². The summed E-state index contributed by atoms with van der Waals surface area (Å²) in [6.07, 6.45) is 20.9. The molecular formula is C46H50O4S2. The Labute approximate surface area is 310 Å². The molecule has 4 aliphatic carbocycles. The van der Waals surface area contributed by atoms with Crippen LogP contribution >= 0.6 is 0 Å². The van der Waals surface area contributed by atoms with E-state index in [0.717, 1.165) is 110 Å². The zero-order chi connectivity index (χ0) is 35.8. The molecule has 52 heavy (non-hydrogen) atoms. The van der Waals surface area contributed by atoms with Crippen LogP contribution in [0.3, 0.4) is 0 Å². The van der Waals surface area contributed by atoms with Crippen molar-refractivity contribution in [3.05, 3.63) is 140 Å². The summed E-state index contributed by atoms with van der Waals surface area (Å²) in [5.74, 6) is -0.729. The number of benzene rings is 3. The van der Waals surface area contributed by atoms with Gasteiger partial charge in [0.25, 0.3) is 0 Å². The van der Waals surface area contributed by atoms with E-state index < -0.39 is 30.2 Å².